The molecule has 0 bridgehead atoms. The summed E-state index contributed by atoms with van der Waals surface area (Å²) in [6, 6.07) is 0.691. The van der Waals surface area contributed by atoms with Gasteiger partial charge in [-0.2, -0.15) is 4.98 Å². The van der Waals surface area contributed by atoms with Crippen molar-refractivity contribution in [1.29, 1.82) is 0 Å². The number of hydrogen-bond acceptors (Lipinski definition) is 3. The van der Waals surface area contributed by atoms with Gasteiger partial charge >= 0.3 is 0 Å². The molecule has 0 saturated carbocycles. The molecule has 0 N–H and O–H groups in total. The minimum atomic E-state index is 0.409. The van der Waals surface area contributed by atoms with Crippen LogP contribution in [-0.4, -0.2) is 19.1 Å². The van der Waals surface area contributed by atoms with Crippen molar-refractivity contribution < 1.29 is 4.42 Å². The van der Waals surface area contributed by atoms with E-state index < -0.39 is 0 Å². The SMILES string of the molecule is Cc1nc(N(C)C)oc1C(C)C. The number of oxazole rings is 1. The maximum absolute atomic E-state index is 5.55. The summed E-state index contributed by atoms with van der Waals surface area (Å²) in [5.41, 5.74) is 0.994. The van der Waals surface area contributed by atoms with Gasteiger partial charge in [-0.1, -0.05) is 13.8 Å². The Morgan fingerprint density at radius 1 is 1.33 bits per heavy atom. The standard InChI is InChI=1S/C9H16N2O/c1-6(2)8-7(3)10-9(12-8)11(4)5/h6H,1-5H3. The van der Waals surface area contributed by atoms with Crippen LogP contribution in [0.5, 0.6) is 0 Å². The van der Waals surface area contributed by atoms with E-state index in [1.165, 1.54) is 0 Å². The first-order valence-corrected chi connectivity index (χ1v) is 4.17. The Morgan fingerprint density at radius 2 is 1.92 bits per heavy atom. The van der Waals surface area contributed by atoms with Crippen LogP contribution < -0.4 is 4.90 Å². The summed E-state index contributed by atoms with van der Waals surface area (Å²) in [5, 5.41) is 0. The van der Waals surface area contributed by atoms with Crippen LogP contribution in [0.4, 0.5) is 6.01 Å². The number of aryl methyl sites for hydroxylation is 1. The Kier molecular flexibility index (Phi) is 2.40. The van der Waals surface area contributed by atoms with Gasteiger partial charge in [-0.15, -0.1) is 0 Å². The fraction of sp³-hybridized carbons (Fsp3) is 0.667. The fourth-order valence-corrected chi connectivity index (χ4v) is 1.12. The van der Waals surface area contributed by atoms with Crippen molar-refractivity contribution in [3.8, 4) is 0 Å². The first kappa shape index (κ1) is 9.10. The number of anilines is 1. The van der Waals surface area contributed by atoms with Crippen molar-refractivity contribution in [3.05, 3.63) is 11.5 Å². The molecular formula is C9H16N2O. The van der Waals surface area contributed by atoms with E-state index in [9.17, 15) is 0 Å². The van der Waals surface area contributed by atoms with Gasteiger partial charge in [0, 0.05) is 20.0 Å². The summed E-state index contributed by atoms with van der Waals surface area (Å²) in [6.07, 6.45) is 0. The van der Waals surface area contributed by atoms with E-state index in [2.05, 4.69) is 18.8 Å². The molecular weight excluding hydrogens is 152 g/mol. The Balaban J connectivity index is 3.00. The summed E-state index contributed by atoms with van der Waals surface area (Å²) in [4.78, 5) is 6.16. The van der Waals surface area contributed by atoms with Crippen molar-refractivity contribution in [2.24, 2.45) is 0 Å². The van der Waals surface area contributed by atoms with Crippen LogP contribution >= 0.6 is 0 Å². The number of rotatable bonds is 2. The molecule has 0 amide bonds. The van der Waals surface area contributed by atoms with Crippen LogP contribution in [0.2, 0.25) is 0 Å². The molecule has 0 aromatic carbocycles. The first-order valence-electron chi connectivity index (χ1n) is 4.17. The lowest BCUT2D eigenvalue weighted by Gasteiger charge is -2.04. The molecule has 12 heavy (non-hydrogen) atoms. The van der Waals surface area contributed by atoms with Crippen LogP contribution in [0.1, 0.15) is 31.2 Å². The first-order chi connectivity index (χ1) is 5.52. The van der Waals surface area contributed by atoms with Gasteiger partial charge < -0.3 is 9.32 Å². The second-order valence-corrected chi connectivity index (χ2v) is 3.50. The highest BCUT2D eigenvalue weighted by atomic mass is 16.4. The Bertz CT molecular complexity index is 263. The molecule has 0 fully saturated rings. The lowest BCUT2D eigenvalue weighted by Crippen LogP contribution is -2.08. The highest BCUT2D eigenvalue weighted by Gasteiger charge is 2.13. The predicted molar refractivity (Wildman–Crippen MR) is 49.7 cm³/mol. The average molecular weight is 168 g/mol. The summed E-state index contributed by atoms with van der Waals surface area (Å²) < 4.78 is 5.55. The number of nitrogens with zero attached hydrogens (tertiary/aromatic N) is 2. The molecule has 1 aromatic heterocycles. The third kappa shape index (κ3) is 1.60. The molecule has 0 aliphatic heterocycles. The van der Waals surface area contributed by atoms with Crippen LogP contribution in [0.25, 0.3) is 0 Å². The molecule has 68 valence electrons. The molecule has 0 saturated heterocycles. The van der Waals surface area contributed by atoms with Crippen molar-refractivity contribution in [2.45, 2.75) is 26.7 Å². The molecule has 0 atom stereocenters. The van der Waals surface area contributed by atoms with Gasteiger partial charge in [0.05, 0.1) is 5.69 Å². The molecule has 0 unspecified atom stereocenters. The molecule has 0 radical (unpaired) electrons. The average Bonchev–Trinajstić information content (AvgIpc) is 2.30. The number of hydrogen-bond donors (Lipinski definition) is 0. The van der Waals surface area contributed by atoms with E-state index >= 15 is 0 Å². The summed E-state index contributed by atoms with van der Waals surface area (Å²) in [6.45, 7) is 6.19. The zero-order valence-electron chi connectivity index (χ0n) is 8.38. The van der Waals surface area contributed by atoms with Crippen molar-refractivity contribution >= 4 is 6.01 Å². The third-order valence-electron chi connectivity index (χ3n) is 1.73. The molecule has 3 heteroatoms. The van der Waals surface area contributed by atoms with Crippen LogP contribution in [0.15, 0.2) is 4.42 Å². The van der Waals surface area contributed by atoms with Crippen LogP contribution in [-0.2, 0) is 0 Å². The zero-order valence-corrected chi connectivity index (χ0v) is 8.38. The molecule has 0 aliphatic carbocycles. The number of aromatic nitrogens is 1. The highest BCUT2D eigenvalue weighted by Crippen LogP contribution is 2.23. The van der Waals surface area contributed by atoms with Gasteiger partial charge in [0.2, 0.25) is 0 Å². The van der Waals surface area contributed by atoms with E-state index in [-0.39, 0.29) is 0 Å². The Labute approximate surface area is 73.4 Å². The van der Waals surface area contributed by atoms with Gasteiger partial charge in [0.15, 0.2) is 0 Å². The van der Waals surface area contributed by atoms with Crippen molar-refractivity contribution in [1.82, 2.24) is 4.98 Å². The normalized spacial score (nSPS) is 10.8. The second kappa shape index (κ2) is 3.17. The van der Waals surface area contributed by atoms with Gasteiger partial charge in [-0.3, -0.25) is 0 Å². The second-order valence-electron chi connectivity index (χ2n) is 3.50. The molecule has 1 heterocycles. The zero-order chi connectivity index (χ0) is 9.30. The van der Waals surface area contributed by atoms with E-state index in [4.69, 9.17) is 4.42 Å². The highest BCUT2D eigenvalue weighted by molar-refractivity contribution is 5.27. The van der Waals surface area contributed by atoms with E-state index in [1.807, 2.05) is 25.9 Å². The third-order valence-corrected chi connectivity index (χ3v) is 1.73. The minimum absolute atomic E-state index is 0.409. The van der Waals surface area contributed by atoms with Gasteiger partial charge in [-0.25, -0.2) is 0 Å². The molecule has 1 rings (SSSR count). The lowest BCUT2D eigenvalue weighted by atomic mass is 10.1. The monoisotopic (exact) mass is 168 g/mol. The van der Waals surface area contributed by atoms with Crippen molar-refractivity contribution in [3.63, 3.8) is 0 Å². The van der Waals surface area contributed by atoms with Gasteiger partial charge in [-0.05, 0) is 6.92 Å². The fourth-order valence-electron chi connectivity index (χ4n) is 1.12. The quantitative estimate of drug-likeness (QED) is 0.677. The minimum Gasteiger partial charge on any atom is -0.428 e. The predicted octanol–water partition coefficient (Wildman–Crippen LogP) is 2.17. The van der Waals surface area contributed by atoms with Crippen molar-refractivity contribution in [2.75, 3.05) is 19.0 Å². The Hall–Kier alpha value is -0.990. The largest absolute Gasteiger partial charge is 0.428 e. The molecule has 1 aromatic rings. The van der Waals surface area contributed by atoms with Crippen LogP contribution in [0.3, 0.4) is 0 Å². The topological polar surface area (TPSA) is 29.3 Å². The molecule has 0 aliphatic rings. The molecule has 0 spiro atoms. The summed E-state index contributed by atoms with van der Waals surface area (Å²) in [5.74, 6) is 1.39. The summed E-state index contributed by atoms with van der Waals surface area (Å²) in [7, 11) is 3.85. The smallest absolute Gasteiger partial charge is 0.297 e. The Morgan fingerprint density at radius 3 is 2.17 bits per heavy atom. The maximum Gasteiger partial charge on any atom is 0.297 e. The maximum atomic E-state index is 5.55. The summed E-state index contributed by atoms with van der Waals surface area (Å²) >= 11 is 0. The molecule has 3 nitrogen and oxygen atoms in total. The van der Waals surface area contributed by atoms with E-state index in [0.717, 1.165) is 11.5 Å². The van der Waals surface area contributed by atoms with Gasteiger partial charge in [0.1, 0.15) is 5.76 Å². The lowest BCUT2D eigenvalue weighted by molar-refractivity contribution is 0.482. The van der Waals surface area contributed by atoms with E-state index in [0.29, 0.717) is 11.9 Å². The van der Waals surface area contributed by atoms with Gasteiger partial charge in [0.25, 0.3) is 6.01 Å². The van der Waals surface area contributed by atoms with E-state index in [1.54, 1.807) is 0 Å². The van der Waals surface area contributed by atoms with Crippen LogP contribution in [0, 0.1) is 6.92 Å².